The molecule has 66 valence electrons. The number of aliphatic hydroxyl groups is 1. The van der Waals surface area contributed by atoms with Gasteiger partial charge in [0.15, 0.2) is 0 Å². The van der Waals surface area contributed by atoms with Crippen molar-refractivity contribution in [2.75, 3.05) is 24.2 Å². The average Bonchev–Trinajstić information content (AvgIpc) is 2.07. The highest BCUT2D eigenvalue weighted by atomic mass is 16.3. The van der Waals surface area contributed by atoms with Gasteiger partial charge in [-0.05, 0) is 24.6 Å². The van der Waals surface area contributed by atoms with Crippen molar-refractivity contribution in [2.24, 2.45) is 0 Å². The fourth-order valence-corrected chi connectivity index (χ4v) is 1.01. The standard InChI is InChI=1S/C9H14N2O/c1-7-2-3-8(10)9(6-7)11-4-5-12/h2-3,6,11-12H,4-5,10H2,1H3. The Bertz CT molecular complexity index is 261. The Labute approximate surface area is 72.2 Å². The van der Waals surface area contributed by atoms with Crippen LogP contribution in [0.25, 0.3) is 0 Å². The van der Waals surface area contributed by atoms with Gasteiger partial charge in [-0.1, -0.05) is 6.07 Å². The van der Waals surface area contributed by atoms with Crippen LogP contribution in [-0.2, 0) is 0 Å². The van der Waals surface area contributed by atoms with E-state index in [0.29, 0.717) is 12.2 Å². The first-order chi connectivity index (χ1) is 5.74. The molecule has 0 aromatic heterocycles. The summed E-state index contributed by atoms with van der Waals surface area (Å²) in [5.74, 6) is 0. The second-order valence-corrected chi connectivity index (χ2v) is 2.74. The van der Waals surface area contributed by atoms with E-state index < -0.39 is 0 Å². The Hall–Kier alpha value is -1.22. The lowest BCUT2D eigenvalue weighted by atomic mass is 10.2. The van der Waals surface area contributed by atoms with Crippen LogP contribution in [0.15, 0.2) is 18.2 Å². The van der Waals surface area contributed by atoms with Crippen LogP contribution in [-0.4, -0.2) is 18.3 Å². The summed E-state index contributed by atoms with van der Waals surface area (Å²) in [5.41, 5.74) is 8.45. The molecule has 0 aliphatic rings. The quantitative estimate of drug-likeness (QED) is 0.587. The summed E-state index contributed by atoms with van der Waals surface area (Å²) in [7, 11) is 0. The molecule has 0 spiro atoms. The molecule has 1 rings (SSSR count). The molecule has 0 aliphatic carbocycles. The van der Waals surface area contributed by atoms with Gasteiger partial charge >= 0.3 is 0 Å². The molecule has 3 heteroatoms. The summed E-state index contributed by atoms with van der Waals surface area (Å²) >= 11 is 0. The van der Waals surface area contributed by atoms with Crippen LogP contribution in [0.4, 0.5) is 11.4 Å². The fourth-order valence-electron chi connectivity index (χ4n) is 1.01. The summed E-state index contributed by atoms with van der Waals surface area (Å²) in [6, 6.07) is 5.78. The monoisotopic (exact) mass is 166 g/mol. The lowest BCUT2D eigenvalue weighted by Gasteiger charge is -2.08. The fraction of sp³-hybridized carbons (Fsp3) is 0.333. The predicted octanol–water partition coefficient (Wildman–Crippen LogP) is 0.981. The Morgan fingerprint density at radius 3 is 2.92 bits per heavy atom. The van der Waals surface area contributed by atoms with Crippen molar-refractivity contribution >= 4 is 11.4 Å². The number of rotatable bonds is 3. The van der Waals surface area contributed by atoms with Crippen molar-refractivity contribution in [3.8, 4) is 0 Å². The molecule has 0 aliphatic heterocycles. The topological polar surface area (TPSA) is 58.3 Å². The van der Waals surface area contributed by atoms with Crippen molar-refractivity contribution < 1.29 is 5.11 Å². The zero-order chi connectivity index (χ0) is 8.97. The van der Waals surface area contributed by atoms with Gasteiger partial charge in [0.05, 0.1) is 18.0 Å². The lowest BCUT2D eigenvalue weighted by molar-refractivity contribution is 0.311. The van der Waals surface area contributed by atoms with E-state index in [1.807, 2.05) is 25.1 Å². The third-order valence-electron chi connectivity index (χ3n) is 1.64. The Balaban J connectivity index is 2.75. The highest BCUT2D eigenvalue weighted by Gasteiger charge is 1.96. The van der Waals surface area contributed by atoms with E-state index in [-0.39, 0.29) is 6.61 Å². The number of hydrogen-bond acceptors (Lipinski definition) is 3. The van der Waals surface area contributed by atoms with E-state index in [0.717, 1.165) is 11.3 Å². The molecule has 1 aromatic carbocycles. The number of aryl methyl sites for hydroxylation is 1. The first-order valence-electron chi connectivity index (χ1n) is 3.95. The van der Waals surface area contributed by atoms with Gasteiger partial charge in [-0.25, -0.2) is 0 Å². The molecule has 0 saturated carbocycles. The van der Waals surface area contributed by atoms with Gasteiger partial charge in [-0.15, -0.1) is 0 Å². The summed E-state index contributed by atoms with van der Waals surface area (Å²) in [6.45, 7) is 2.66. The minimum Gasteiger partial charge on any atom is -0.397 e. The first kappa shape index (κ1) is 8.87. The van der Waals surface area contributed by atoms with Gasteiger partial charge in [-0.2, -0.15) is 0 Å². The molecule has 0 amide bonds. The SMILES string of the molecule is Cc1ccc(N)c(NCCO)c1. The molecule has 0 unspecified atom stereocenters. The maximum Gasteiger partial charge on any atom is 0.0604 e. The van der Waals surface area contributed by atoms with Gasteiger partial charge in [0.25, 0.3) is 0 Å². The highest BCUT2D eigenvalue weighted by Crippen LogP contribution is 2.18. The summed E-state index contributed by atoms with van der Waals surface area (Å²) in [6.07, 6.45) is 0. The smallest absolute Gasteiger partial charge is 0.0604 e. The molecule has 12 heavy (non-hydrogen) atoms. The summed E-state index contributed by atoms with van der Waals surface area (Å²) in [5, 5.41) is 11.6. The molecule has 1 aromatic rings. The third kappa shape index (κ3) is 2.13. The van der Waals surface area contributed by atoms with Crippen LogP contribution in [0.1, 0.15) is 5.56 Å². The third-order valence-corrected chi connectivity index (χ3v) is 1.64. The normalized spacial score (nSPS) is 9.83. The average molecular weight is 166 g/mol. The Morgan fingerprint density at radius 2 is 2.25 bits per heavy atom. The van der Waals surface area contributed by atoms with Gasteiger partial charge in [0.1, 0.15) is 0 Å². The molecule has 0 heterocycles. The number of nitrogen functional groups attached to an aromatic ring is 1. The maximum atomic E-state index is 8.58. The van der Waals surface area contributed by atoms with Crippen LogP contribution in [0, 0.1) is 6.92 Å². The van der Waals surface area contributed by atoms with E-state index in [1.165, 1.54) is 0 Å². The summed E-state index contributed by atoms with van der Waals surface area (Å²) in [4.78, 5) is 0. The van der Waals surface area contributed by atoms with Gasteiger partial charge in [-0.3, -0.25) is 0 Å². The van der Waals surface area contributed by atoms with E-state index in [2.05, 4.69) is 5.32 Å². The number of hydrogen-bond donors (Lipinski definition) is 3. The second kappa shape index (κ2) is 3.97. The highest BCUT2D eigenvalue weighted by molar-refractivity contribution is 5.66. The molecular weight excluding hydrogens is 152 g/mol. The van der Waals surface area contributed by atoms with Gasteiger partial charge < -0.3 is 16.2 Å². The van der Waals surface area contributed by atoms with Gasteiger partial charge in [0, 0.05) is 6.54 Å². The van der Waals surface area contributed by atoms with Crippen LogP contribution >= 0.6 is 0 Å². The minimum atomic E-state index is 0.118. The van der Waals surface area contributed by atoms with Crippen molar-refractivity contribution in [1.82, 2.24) is 0 Å². The number of anilines is 2. The molecular formula is C9H14N2O. The van der Waals surface area contributed by atoms with Gasteiger partial charge in [0.2, 0.25) is 0 Å². The Kier molecular flexibility index (Phi) is 2.94. The van der Waals surface area contributed by atoms with Crippen LogP contribution in [0.3, 0.4) is 0 Å². The van der Waals surface area contributed by atoms with Crippen molar-refractivity contribution in [2.45, 2.75) is 6.92 Å². The summed E-state index contributed by atoms with van der Waals surface area (Å²) < 4.78 is 0. The van der Waals surface area contributed by atoms with E-state index in [1.54, 1.807) is 0 Å². The molecule has 4 N–H and O–H groups in total. The molecule has 0 saturated heterocycles. The molecule has 0 bridgehead atoms. The van der Waals surface area contributed by atoms with Crippen LogP contribution in [0.2, 0.25) is 0 Å². The molecule has 0 radical (unpaired) electrons. The van der Waals surface area contributed by atoms with Crippen LogP contribution in [0.5, 0.6) is 0 Å². The van der Waals surface area contributed by atoms with Crippen molar-refractivity contribution in [1.29, 1.82) is 0 Å². The molecule has 0 fully saturated rings. The predicted molar refractivity (Wildman–Crippen MR) is 51.2 cm³/mol. The maximum absolute atomic E-state index is 8.58. The minimum absolute atomic E-state index is 0.118. The zero-order valence-electron chi connectivity index (χ0n) is 7.17. The lowest BCUT2D eigenvalue weighted by Crippen LogP contribution is -2.07. The number of benzene rings is 1. The number of aliphatic hydroxyl groups excluding tert-OH is 1. The van der Waals surface area contributed by atoms with Crippen molar-refractivity contribution in [3.05, 3.63) is 23.8 Å². The van der Waals surface area contributed by atoms with E-state index in [9.17, 15) is 0 Å². The zero-order valence-corrected chi connectivity index (χ0v) is 7.17. The van der Waals surface area contributed by atoms with E-state index >= 15 is 0 Å². The van der Waals surface area contributed by atoms with Crippen LogP contribution < -0.4 is 11.1 Å². The van der Waals surface area contributed by atoms with E-state index in [4.69, 9.17) is 10.8 Å². The largest absolute Gasteiger partial charge is 0.397 e. The molecule has 0 atom stereocenters. The number of nitrogens with two attached hydrogens (primary N) is 1. The second-order valence-electron chi connectivity index (χ2n) is 2.74. The van der Waals surface area contributed by atoms with Crippen molar-refractivity contribution in [3.63, 3.8) is 0 Å². The first-order valence-corrected chi connectivity index (χ1v) is 3.95. The number of nitrogens with one attached hydrogen (secondary N) is 1. The molecule has 3 nitrogen and oxygen atoms in total. The Morgan fingerprint density at radius 1 is 1.50 bits per heavy atom.